The topological polar surface area (TPSA) is 89.7 Å². The van der Waals surface area contributed by atoms with Crippen LogP contribution in [0.2, 0.25) is 0 Å². The summed E-state index contributed by atoms with van der Waals surface area (Å²) in [6.07, 6.45) is -2.89. The van der Waals surface area contributed by atoms with E-state index in [1.807, 2.05) is 44.2 Å². The molecule has 0 aliphatic carbocycles. The fraction of sp³-hybridized carbons (Fsp3) is 0.364. The second-order valence-electron chi connectivity index (χ2n) is 7.44. The first-order valence-electron chi connectivity index (χ1n) is 10.4. The minimum absolute atomic E-state index is 0.0469. The average molecular weight is 445 g/mol. The van der Waals surface area contributed by atoms with Crippen molar-refractivity contribution >= 4 is 11.0 Å². The molecule has 0 bridgehead atoms. The van der Waals surface area contributed by atoms with Crippen LogP contribution in [0.15, 0.2) is 40.9 Å². The van der Waals surface area contributed by atoms with Gasteiger partial charge in [-0.3, -0.25) is 0 Å². The van der Waals surface area contributed by atoms with Gasteiger partial charge in [-0.05, 0) is 34.9 Å². The van der Waals surface area contributed by atoms with Gasteiger partial charge < -0.3 is 9.26 Å². The van der Waals surface area contributed by atoms with E-state index in [-0.39, 0.29) is 11.0 Å². The van der Waals surface area contributed by atoms with Crippen LogP contribution in [0.1, 0.15) is 61.0 Å². The third kappa shape index (κ3) is 4.17. The number of aryl methyl sites for hydroxylation is 2. The van der Waals surface area contributed by atoms with Gasteiger partial charge in [0.1, 0.15) is 5.75 Å². The number of halogens is 3. The van der Waals surface area contributed by atoms with Crippen LogP contribution >= 0.6 is 0 Å². The first kappa shape index (κ1) is 21.8. The van der Waals surface area contributed by atoms with Crippen LogP contribution in [0.25, 0.3) is 11.0 Å². The minimum atomic E-state index is -4.61. The Labute approximate surface area is 181 Å². The van der Waals surface area contributed by atoms with Gasteiger partial charge in [0.2, 0.25) is 0 Å². The van der Waals surface area contributed by atoms with Crippen molar-refractivity contribution in [2.45, 2.75) is 51.8 Å². The maximum atomic E-state index is 13.5. The van der Waals surface area contributed by atoms with Crippen molar-refractivity contribution in [2.75, 3.05) is 0 Å². The number of hydrogen-bond acceptors (Lipinski definition) is 6. The van der Waals surface area contributed by atoms with Crippen LogP contribution < -0.4 is 4.74 Å². The number of benzene rings is 2. The molecule has 32 heavy (non-hydrogen) atoms. The number of H-pyrrole nitrogens is 1. The molecule has 10 heteroatoms. The highest BCUT2D eigenvalue weighted by molar-refractivity contribution is 5.86. The molecule has 4 rings (SSSR count). The second kappa shape index (κ2) is 8.97. The summed E-state index contributed by atoms with van der Waals surface area (Å²) in [5, 5.41) is 17.4. The molecule has 0 fully saturated rings. The summed E-state index contributed by atoms with van der Waals surface area (Å²) in [7, 11) is 0. The lowest BCUT2D eigenvalue weighted by molar-refractivity contribution is -0.141. The molecule has 1 unspecified atom stereocenters. The molecule has 4 aromatic rings. The fourth-order valence-corrected chi connectivity index (χ4v) is 3.77. The number of hydrogen-bond donors (Lipinski definition) is 1. The van der Waals surface area contributed by atoms with Crippen LogP contribution in [-0.2, 0) is 19.0 Å². The first-order chi connectivity index (χ1) is 15.4. The van der Waals surface area contributed by atoms with Gasteiger partial charge in [0.25, 0.3) is 0 Å². The standard InChI is InChI=1S/C22H22F3N5O2/c1-3-8-14-12-16-19(32-28-20(16)22(23,24)25)15(9-4-2)17(14)31-18(21-26-29-30-27-21)13-10-6-5-7-11-13/h5-7,10-12,18H,3-4,8-9H2,1-2H3,(H,26,27,29,30). The largest absolute Gasteiger partial charge is 0.477 e. The van der Waals surface area contributed by atoms with Crippen molar-refractivity contribution in [1.29, 1.82) is 0 Å². The molecule has 1 N–H and O–H groups in total. The molecule has 0 saturated carbocycles. The van der Waals surface area contributed by atoms with E-state index in [4.69, 9.17) is 9.26 Å². The van der Waals surface area contributed by atoms with E-state index < -0.39 is 18.0 Å². The maximum absolute atomic E-state index is 13.5. The van der Waals surface area contributed by atoms with E-state index >= 15 is 0 Å². The molecule has 2 aromatic heterocycles. The number of ether oxygens (including phenoxy) is 1. The highest BCUT2D eigenvalue weighted by atomic mass is 19.4. The Hall–Kier alpha value is -3.43. The third-order valence-electron chi connectivity index (χ3n) is 5.12. The minimum Gasteiger partial charge on any atom is -0.477 e. The van der Waals surface area contributed by atoms with Gasteiger partial charge in [0, 0.05) is 11.1 Å². The summed E-state index contributed by atoms with van der Waals surface area (Å²) in [4.78, 5) is 0. The monoisotopic (exact) mass is 445 g/mol. The van der Waals surface area contributed by atoms with Crippen LogP contribution in [0.5, 0.6) is 5.75 Å². The van der Waals surface area contributed by atoms with Crippen LogP contribution in [0, 0.1) is 0 Å². The van der Waals surface area contributed by atoms with E-state index in [0.717, 1.165) is 12.0 Å². The fourth-order valence-electron chi connectivity index (χ4n) is 3.77. The highest BCUT2D eigenvalue weighted by Crippen LogP contribution is 2.42. The Kier molecular flexibility index (Phi) is 6.11. The molecule has 0 spiro atoms. The molecular formula is C22H22F3N5O2. The summed E-state index contributed by atoms with van der Waals surface area (Å²) < 4.78 is 52.3. The lowest BCUT2D eigenvalue weighted by Crippen LogP contribution is -2.14. The lowest BCUT2D eigenvalue weighted by atomic mass is 9.97. The van der Waals surface area contributed by atoms with Crippen LogP contribution in [-0.4, -0.2) is 25.8 Å². The van der Waals surface area contributed by atoms with E-state index in [2.05, 4.69) is 25.8 Å². The summed E-state index contributed by atoms with van der Waals surface area (Å²) in [6.45, 7) is 3.90. The van der Waals surface area contributed by atoms with Gasteiger partial charge in [-0.25, -0.2) is 5.10 Å². The SMILES string of the molecule is CCCc1cc2c(C(F)(F)F)noc2c(CCC)c1OC(c1ccccc1)c1nnn[nH]1. The molecule has 168 valence electrons. The van der Waals surface area contributed by atoms with E-state index in [0.29, 0.717) is 42.0 Å². The van der Waals surface area contributed by atoms with Gasteiger partial charge in [-0.15, -0.1) is 5.10 Å². The third-order valence-corrected chi connectivity index (χ3v) is 5.12. The molecule has 0 amide bonds. The number of rotatable bonds is 8. The number of fused-ring (bicyclic) bond motifs is 1. The molecule has 1 atom stereocenters. The predicted molar refractivity (Wildman–Crippen MR) is 110 cm³/mol. The highest BCUT2D eigenvalue weighted by Gasteiger charge is 2.38. The van der Waals surface area contributed by atoms with Gasteiger partial charge in [0.05, 0.1) is 5.39 Å². The molecule has 7 nitrogen and oxygen atoms in total. The summed E-state index contributed by atoms with van der Waals surface area (Å²) in [5.41, 5.74) is 1.09. The zero-order valence-electron chi connectivity index (χ0n) is 17.6. The number of alkyl halides is 3. The Morgan fingerprint density at radius 2 is 1.84 bits per heavy atom. The van der Waals surface area contributed by atoms with E-state index in [9.17, 15) is 13.2 Å². The quantitative estimate of drug-likeness (QED) is 0.389. The molecule has 2 aromatic carbocycles. The number of nitrogens with one attached hydrogen (secondary N) is 1. The molecule has 0 aliphatic rings. The van der Waals surface area contributed by atoms with Crippen molar-refractivity contribution in [3.8, 4) is 5.75 Å². The molecule has 0 saturated heterocycles. The molecule has 0 aliphatic heterocycles. The molecule has 2 heterocycles. The molecule has 0 radical (unpaired) electrons. The Balaban J connectivity index is 1.91. The number of nitrogens with zero attached hydrogens (tertiary/aromatic N) is 4. The predicted octanol–water partition coefficient (Wildman–Crippen LogP) is 5.43. The van der Waals surface area contributed by atoms with E-state index in [1.165, 1.54) is 6.07 Å². The summed E-state index contributed by atoms with van der Waals surface area (Å²) >= 11 is 0. The van der Waals surface area contributed by atoms with Crippen molar-refractivity contribution < 1.29 is 22.4 Å². The Morgan fingerprint density at radius 1 is 1.09 bits per heavy atom. The van der Waals surface area contributed by atoms with Gasteiger partial charge in [-0.2, -0.15) is 13.2 Å². The van der Waals surface area contributed by atoms with Crippen LogP contribution in [0.3, 0.4) is 0 Å². The van der Waals surface area contributed by atoms with Crippen molar-refractivity contribution in [3.05, 3.63) is 64.6 Å². The Bertz CT molecular complexity index is 1170. The van der Waals surface area contributed by atoms with Crippen LogP contribution in [0.4, 0.5) is 13.2 Å². The average Bonchev–Trinajstić information content (AvgIpc) is 3.44. The zero-order chi connectivity index (χ0) is 22.7. The number of aromatic amines is 1. The summed E-state index contributed by atoms with van der Waals surface area (Å²) in [6, 6.07) is 10.8. The second-order valence-corrected chi connectivity index (χ2v) is 7.44. The summed E-state index contributed by atoms with van der Waals surface area (Å²) in [5.74, 6) is 0.867. The maximum Gasteiger partial charge on any atom is 0.437 e. The van der Waals surface area contributed by atoms with Crippen molar-refractivity contribution in [1.82, 2.24) is 25.8 Å². The smallest absolute Gasteiger partial charge is 0.437 e. The lowest BCUT2D eigenvalue weighted by Gasteiger charge is -2.22. The van der Waals surface area contributed by atoms with Gasteiger partial charge in [-0.1, -0.05) is 62.2 Å². The Morgan fingerprint density at radius 3 is 2.47 bits per heavy atom. The van der Waals surface area contributed by atoms with Crippen molar-refractivity contribution in [3.63, 3.8) is 0 Å². The number of tetrazole rings is 1. The normalized spacial score (nSPS) is 12.9. The van der Waals surface area contributed by atoms with Crippen molar-refractivity contribution in [2.24, 2.45) is 0 Å². The van der Waals surface area contributed by atoms with E-state index in [1.54, 1.807) is 0 Å². The van der Waals surface area contributed by atoms with Gasteiger partial charge in [0.15, 0.2) is 23.2 Å². The first-order valence-corrected chi connectivity index (χ1v) is 10.4. The molecular weight excluding hydrogens is 423 g/mol. The van der Waals surface area contributed by atoms with Gasteiger partial charge >= 0.3 is 6.18 Å². The number of aromatic nitrogens is 5. The zero-order valence-corrected chi connectivity index (χ0v) is 17.6.